The second-order valence-electron chi connectivity index (χ2n) is 18.8. The van der Waals surface area contributed by atoms with Crippen molar-refractivity contribution >= 4 is 55.9 Å². The molecule has 0 radical (unpaired) electrons. The summed E-state index contributed by atoms with van der Waals surface area (Å²) in [4.78, 5) is 4.68. The summed E-state index contributed by atoms with van der Waals surface area (Å²) in [6.07, 6.45) is 0. The average Bonchev–Trinajstić information content (AvgIpc) is 3.85. The van der Waals surface area contributed by atoms with Crippen LogP contribution in [0, 0.1) is 27.7 Å². The molecule has 4 heteroatoms. The van der Waals surface area contributed by atoms with E-state index in [1.807, 2.05) is 0 Å². The van der Waals surface area contributed by atoms with Crippen molar-refractivity contribution in [1.82, 2.24) is 9.13 Å². The topological polar surface area (TPSA) is 16.3 Å². The van der Waals surface area contributed by atoms with E-state index in [9.17, 15) is 0 Å². The van der Waals surface area contributed by atoms with Gasteiger partial charge >= 0.3 is 0 Å². The maximum absolute atomic E-state index is 2.41. The van der Waals surface area contributed by atoms with Gasteiger partial charge < -0.3 is 18.9 Å². The van der Waals surface area contributed by atoms with Gasteiger partial charge in [0.15, 0.2) is 0 Å². The van der Waals surface area contributed by atoms with E-state index >= 15 is 0 Å². The first-order valence-corrected chi connectivity index (χ1v) is 24.8. The van der Waals surface area contributed by atoms with Crippen molar-refractivity contribution in [3.8, 4) is 44.8 Å². The number of nitrogens with zero attached hydrogens (tertiary/aromatic N) is 4. The van der Waals surface area contributed by atoms with E-state index in [4.69, 9.17) is 0 Å². The van der Waals surface area contributed by atoms with E-state index in [0.717, 1.165) is 45.5 Å². The van der Waals surface area contributed by atoms with Crippen LogP contribution in [0.15, 0.2) is 255 Å². The Bertz CT molecular complexity index is 3610. The lowest BCUT2D eigenvalue weighted by molar-refractivity contribution is 1.04. The molecule has 10 aromatic carbocycles. The normalized spacial score (nSPS) is 11.3. The molecule has 12 rings (SSSR count). The summed E-state index contributed by atoms with van der Waals surface area (Å²) in [5, 5.41) is 2.53. The lowest BCUT2D eigenvalue weighted by Crippen LogP contribution is -2.10. The SMILES string of the molecule is Cc1c(C)n(-c2ccc(N(c3ccccc3)c3cccc(-c4ccccc4)c3)cc2)c2ccc(-c3ccc4c(c3)c(C)c(C)n4-c3ccc(N(c4ccccc4)c4cccc(-c5ccccc5)c4)cc3)cc12. The zero-order valence-electron chi connectivity index (χ0n) is 41.0. The van der Waals surface area contributed by atoms with Crippen LogP contribution < -0.4 is 9.80 Å². The van der Waals surface area contributed by atoms with E-state index in [0.29, 0.717) is 0 Å². The molecule has 0 bridgehead atoms. The molecule has 0 saturated carbocycles. The highest BCUT2D eigenvalue weighted by molar-refractivity contribution is 5.95. The molecule has 0 fully saturated rings. The van der Waals surface area contributed by atoms with Gasteiger partial charge in [0.1, 0.15) is 0 Å². The van der Waals surface area contributed by atoms with E-state index in [2.05, 4.69) is 301 Å². The Balaban J connectivity index is 0.848. The van der Waals surface area contributed by atoms with Crippen LogP contribution in [0.5, 0.6) is 0 Å². The maximum Gasteiger partial charge on any atom is 0.0534 e. The Hall–Kier alpha value is -9.12. The van der Waals surface area contributed by atoms with Crippen LogP contribution in [-0.2, 0) is 0 Å². The fourth-order valence-electron chi connectivity index (χ4n) is 10.6. The zero-order chi connectivity index (χ0) is 48.7. The number of fused-ring (bicyclic) bond motifs is 2. The molecule has 12 aromatic rings. The van der Waals surface area contributed by atoms with Crippen LogP contribution in [0.1, 0.15) is 22.5 Å². The van der Waals surface area contributed by atoms with Gasteiger partial charge in [-0.2, -0.15) is 0 Å². The van der Waals surface area contributed by atoms with E-state index in [1.54, 1.807) is 0 Å². The summed E-state index contributed by atoms with van der Waals surface area (Å²) in [6.45, 7) is 8.99. The molecule has 2 heterocycles. The van der Waals surface area contributed by atoms with Crippen molar-refractivity contribution < 1.29 is 0 Å². The van der Waals surface area contributed by atoms with Crippen LogP contribution in [0.25, 0.3) is 66.6 Å². The number of anilines is 6. The number of rotatable bonds is 11. The predicted octanol–water partition coefficient (Wildman–Crippen LogP) is 18.7. The third-order valence-electron chi connectivity index (χ3n) is 14.6. The predicted molar refractivity (Wildman–Crippen MR) is 305 cm³/mol. The zero-order valence-corrected chi connectivity index (χ0v) is 41.0. The smallest absolute Gasteiger partial charge is 0.0534 e. The van der Waals surface area contributed by atoms with Crippen molar-refractivity contribution in [2.75, 3.05) is 9.80 Å². The second kappa shape index (κ2) is 18.7. The van der Waals surface area contributed by atoms with Gasteiger partial charge in [-0.05, 0) is 194 Å². The first-order valence-electron chi connectivity index (χ1n) is 24.8. The highest BCUT2D eigenvalue weighted by Crippen LogP contribution is 2.41. The summed E-state index contributed by atoms with van der Waals surface area (Å²) < 4.78 is 4.81. The van der Waals surface area contributed by atoms with Crippen LogP contribution >= 0.6 is 0 Å². The van der Waals surface area contributed by atoms with E-state index < -0.39 is 0 Å². The Morgan fingerprint density at radius 3 is 0.931 bits per heavy atom. The molecule has 0 spiro atoms. The lowest BCUT2D eigenvalue weighted by Gasteiger charge is -2.26. The fraction of sp³-hybridized carbons (Fsp3) is 0.0588. The summed E-state index contributed by atoms with van der Waals surface area (Å²) in [6, 6.07) is 92.1. The summed E-state index contributed by atoms with van der Waals surface area (Å²) in [7, 11) is 0. The van der Waals surface area contributed by atoms with Crippen molar-refractivity contribution in [2.45, 2.75) is 27.7 Å². The molecule has 0 amide bonds. The van der Waals surface area contributed by atoms with Crippen LogP contribution in [0.3, 0.4) is 0 Å². The van der Waals surface area contributed by atoms with Gasteiger partial charge in [-0.25, -0.2) is 0 Å². The molecule has 0 aliphatic carbocycles. The van der Waals surface area contributed by atoms with E-state index in [-0.39, 0.29) is 0 Å². The Kier molecular flexibility index (Phi) is 11.4. The Morgan fingerprint density at radius 1 is 0.250 bits per heavy atom. The molecular weight excluding hydrogens is 873 g/mol. The number of aryl methyl sites for hydroxylation is 2. The van der Waals surface area contributed by atoms with Crippen molar-refractivity contribution in [3.63, 3.8) is 0 Å². The Labute approximate surface area is 422 Å². The van der Waals surface area contributed by atoms with E-state index in [1.165, 1.54) is 77.7 Å². The van der Waals surface area contributed by atoms with Gasteiger partial charge in [0, 0.05) is 67.7 Å². The molecule has 0 saturated heterocycles. The third kappa shape index (κ3) is 8.03. The molecule has 4 nitrogen and oxygen atoms in total. The number of hydrogen-bond donors (Lipinski definition) is 0. The van der Waals surface area contributed by atoms with Crippen molar-refractivity contribution in [1.29, 1.82) is 0 Å². The molecule has 0 atom stereocenters. The summed E-state index contributed by atoms with van der Waals surface area (Å²) >= 11 is 0. The Morgan fingerprint density at radius 2 is 0.556 bits per heavy atom. The molecule has 72 heavy (non-hydrogen) atoms. The second-order valence-corrected chi connectivity index (χ2v) is 18.8. The van der Waals surface area contributed by atoms with Gasteiger partial charge in [-0.15, -0.1) is 0 Å². The lowest BCUT2D eigenvalue weighted by atomic mass is 10.00. The van der Waals surface area contributed by atoms with Crippen LogP contribution in [0.2, 0.25) is 0 Å². The largest absolute Gasteiger partial charge is 0.314 e. The highest BCUT2D eigenvalue weighted by atomic mass is 15.1. The first kappa shape index (κ1) is 44.1. The molecular formula is C68H54N4. The number of aromatic nitrogens is 2. The quantitative estimate of drug-likeness (QED) is 0.129. The molecule has 0 aliphatic rings. The third-order valence-corrected chi connectivity index (χ3v) is 14.6. The number of para-hydroxylation sites is 2. The molecule has 0 unspecified atom stereocenters. The first-order chi connectivity index (χ1) is 35.4. The average molecular weight is 927 g/mol. The molecule has 0 N–H and O–H groups in total. The minimum Gasteiger partial charge on any atom is -0.314 e. The molecule has 346 valence electrons. The van der Waals surface area contributed by atoms with Gasteiger partial charge in [0.2, 0.25) is 0 Å². The number of benzene rings is 10. The standard InChI is InChI=1S/C68H54N4/c1-47-49(3)69(59-33-37-61(38-34-59)71(57-25-13-7-14-26-57)63-29-17-23-53(43-63)51-19-9-5-10-20-51)67-41-31-55(45-65(47)67)56-32-42-68-66(46-56)48(2)50(4)70(68)60-35-39-62(40-36-60)72(58-27-15-8-16-28-58)64-30-18-24-54(44-64)52-21-11-6-12-22-52/h5-46H,1-4H3. The van der Waals surface area contributed by atoms with Gasteiger partial charge in [-0.3, -0.25) is 0 Å². The van der Waals surface area contributed by atoms with Crippen molar-refractivity contribution in [2.24, 2.45) is 0 Å². The summed E-state index contributed by atoms with van der Waals surface area (Å²) in [5.74, 6) is 0. The minimum absolute atomic E-state index is 1.10. The van der Waals surface area contributed by atoms with Crippen molar-refractivity contribution in [3.05, 3.63) is 277 Å². The molecule has 0 aliphatic heterocycles. The van der Waals surface area contributed by atoms with Gasteiger partial charge in [0.05, 0.1) is 11.0 Å². The monoisotopic (exact) mass is 926 g/mol. The van der Waals surface area contributed by atoms with Gasteiger partial charge in [0.25, 0.3) is 0 Å². The highest BCUT2D eigenvalue weighted by Gasteiger charge is 2.20. The van der Waals surface area contributed by atoms with Gasteiger partial charge in [-0.1, -0.05) is 133 Å². The summed E-state index contributed by atoms with van der Waals surface area (Å²) in [5.41, 5.74) is 23.6. The molecule has 2 aromatic heterocycles. The minimum atomic E-state index is 1.10. The van der Waals surface area contributed by atoms with Crippen LogP contribution in [0.4, 0.5) is 34.1 Å². The number of hydrogen-bond acceptors (Lipinski definition) is 2. The maximum atomic E-state index is 2.41. The van der Waals surface area contributed by atoms with Crippen LogP contribution in [-0.4, -0.2) is 9.13 Å². The fourth-order valence-corrected chi connectivity index (χ4v) is 10.6.